The van der Waals surface area contributed by atoms with Crippen LogP contribution in [0, 0.1) is 11.3 Å². The highest BCUT2D eigenvalue weighted by atomic mass is 35.5. The topological polar surface area (TPSA) is 659 Å². The second-order valence-corrected chi connectivity index (χ2v) is 39.1. The number of carbonyl (C=O) groups excluding carboxylic acids is 16. The number of nitrogens with zero attached hydrogens (tertiary/aromatic N) is 3. The monoisotopic (exact) mass is 2090 g/mol. The van der Waals surface area contributed by atoms with Gasteiger partial charge in [0.15, 0.2) is 24.6 Å². The lowest BCUT2D eigenvalue weighted by Crippen LogP contribution is -2.61. The Morgan fingerprint density at radius 3 is 1.83 bits per heavy atom. The molecule has 22 N–H and O–H groups in total. The van der Waals surface area contributed by atoms with Crippen LogP contribution >= 0.6 is 11.6 Å². The number of amides is 12. The number of halogens is 1. The van der Waals surface area contributed by atoms with Gasteiger partial charge >= 0.3 is 5.97 Å². The van der Waals surface area contributed by atoms with E-state index in [1.54, 1.807) is 63.2 Å². The summed E-state index contributed by atoms with van der Waals surface area (Å²) in [5.74, 6) is -16.8. The molecule has 44 heteroatoms. The summed E-state index contributed by atoms with van der Waals surface area (Å²) in [6, 6.07) is 16.8. The van der Waals surface area contributed by atoms with E-state index in [9.17, 15) is 83.4 Å². The van der Waals surface area contributed by atoms with Gasteiger partial charge in [0.2, 0.25) is 82.5 Å². The Labute approximate surface area is 869 Å². The maximum atomic E-state index is 15.4. The van der Waals surface area contributed by atoms with E-state index in [0.717, 1.165) is 10.8 Å². The van der Waals surface area contributed by atoms with Gasteiger partial charge in [-0.2, -0.15) is 0 Å². The number of hydrogen-bond acceptors (Lipinski definition) is 29. The number of guanidine groups is 1. The van der Waals surface area contributed by atoms with E-state index in [1.165, 1.54) is 80.7 Å². The first kappa shape index (κ1) is 114. The van der Waals surface area contributed by atoms with Crippen molar-refractivity contribution in [2.24, 2.45) is 17.4 Å². The number of aliphatic hydroxyl groups excluding tert-OH is 2. The van der Waals surface area contributed by atoms with Crippen molar-refractivity contribution >= 4 is 123 Å². The molecule has 43 nitrogen and oxygen atoms in total. The van der Waals surface area contributed by atoms with Crippen molar-refractivity contribution < 1.29 is 126 Å². The number of phenols is 3. The average molecular weight is 2090 g/mol. The first-order valence-corrected chi connectivity index (χ1v) is 50.3. The van der Waals surface area contributed by atoms with E-state index in [0.29, 0.717) is 46.7 Å². The number of nitrogens with two attached hydrogens (primary N) is 2. The van der Waals surface area contributed by atoms with E-state index < -0.39 is 258 Å². The molecule has 1 aromatic heterocycles. The number of rotatable bonds is 50. The van der Waals surface area contributed by atoms with Crippen molar-refractivity contribution in [2.45, 2.75) is 253 Å². The standard InChI is InChI=1S/C106H130ClN17O26/c1-56(2)44-72(97(138)117-71(23-16-40-113-105(109)110)104(145)124-43-17-24-78(124)103(144)114-57(3)95(108)136)118-96(137)70(22-9-10-39-112-83(129)26-14-27-84(130)148-55-82(128)106(146)51-69-87(81(52-106)150-85-50-79(90(131)58(4)149-85)123-41-11-12-42-123)94(135)89-88(92(69)133)91(132)68-21-13-25-80(147-6)86(68)93(89)134)116-99(140)74(47-61-31-36-67(127)37-32-61)121-102(143)77(54-125)122-101(142)76(49-63-18-15-38-111-53-63)120-100(141)75(46-60-29-34-66(107)35-30-60)119-98(139)73(115-59(5)126)48-62-28-33-64-19-7-8-20-65(64)45-62/h7-8,11,13,15,18-21,25,28-38,41,45,53,56-58,70-79,81,85,90,125,127,131,133,135,146H,9-10,12,14,16-17,22-24,26-27,39-40,42-44,46-52,54-55H2,1-6H3,(H2,108,136)(H,112,129)(H,114,144)(H,115,126)(H,116,140)(H,117,138)(H,118,137)(H,119,139)(H,120,141)(H,121,143)(H,122,142)(H4,109,110,113)/t57-,58+,70-,71+,72+,73-,74+,75-,76-,77+,78+,79+,81+,85+,90-,106+/m1/s1. The van der Waals surface area contributed by atoms with Crippen molar-refractivity contribution in [3.8, 4) is 23.0 Å². The number of aliphatic hydroxyl groups is 3. The first-order valence-electron chi connectivity index (χ1n) is 49.9. The molecule has 802 valence electrons. The smallest absolute Gasteiger partial charge is 0.306 e. The molecule has 0 bridgehead atoms. The lowest BCUT2D eigenvalue weighted by molar-refractivity contribution is -0.256. The maximum Gasteiger partial charge on any atom is 0.306 e. The van der Waals surface area contributed by atoms with Crippen molar-refractivity contribution in [2.75, 3.05) is 46.5 Å². The van der Waals surface area contributed by atoms with Gasteiger partial charge in [-0.15, -0.1) is 0 Å². The van der Waals surface area contributed by atoms with Crippen LogP contribution in [0.15, 0.2) is 146 Å². The number of aromatic hydroxyl groups is 3. The average Bonchev–Trinajstić information content (AvgIpc) is 0.715. The number of Topliss-reactive ketones (excluding diaryl/α,β-unsaturated/α-hetero) is 1. The van der Waals surface area contributed by atoms with Gasteiger partial charge in [0.25, 0.3) is 0 Å². The number of phenolic OH excluding ortho intramolecular Hbond substituents is 3. The van der Waals surface area contributed by atoms with E-state index in [2.05, 4.69) is 63.5 Å². The predicted octanol–water partition coefficient (Wildman–Crippen LogP) is 2.33. The minimum Gasteiger partial charge on any atom is -0.508 e. The number of hydrogen-bond donors (Lipinski definition) is 20. The molecule has 0 spiro atoms. The number of primary amides is 1. The SMILES string of the molecule is COc1cccc2c1C(=O)c1c(O)c3c(c(O)c1C2=O)C[C@@](O)(C(=O)COC(=O)CCCC(=O)NCCCC[C@@H](NC(=O)[C@H](Cc1ccc(O)cc1)NC(=O)[C@H](CO)NC(=O)[C@@H](Cc1cccnc1)NC(=O)[C@@H](Cc1ccc(Cl)cc1)NC(=O)[C@@H](Cc1ccc2ccccc2c1)NC(C)=O)C(=O)N[C@@H](CC(C)C)C(=O)N[C@@H](CCCNC(=N)N)C(=O)N1CCC[C@H]1C(=O)N[C@H](C)C(N)=O)C[C@@H]3O[C@H]1C[C@H](N2C=CCC2)[C@H](O)[C@H](C)O1. The fourth-order valence-corrected chi connectivity index (χ4v) is 19.2. The van der Waals surface area contributed by atoms with Crippen LogP contribution in [-0.2, 0) is 113 Å². The Bertz CT molecular complexity index is 6180. The van der Waals surface area contributed by atoms with Crippen molar-refractivity contribution in [3.63, 3.8) is 0 Å². The summed E-state index contributed by atoms with van der Waals surface area (Å²) in [5.41, 5.74) is 8.16. The van der Waals surface area contributed by atoms with Gasteiger partial charge in [-0.05, 0) is 160 Å². The molecule has 7 aromatic rings. The molecule has 5 aliphatic rings. The number of unbranched alkanes of at least 4 members (excludes halogenated alkanes) is 1. The predicted molar refractivity (Wildman–Crippen MR) is 544 cm³/mol. The molecule has 2 saturated heterocycles. The lowest BCUT2D eigenvalue weighted by Gasteiger charge is -2.44. The van der Waals surface area contributed by atoms with E-state index >= 15 is 24.0 Å². The van der Waals surface area contributed by atoms with E-state index in [1.807, 2.05) is 53.6 Å². The Morgan fingerprint density at radius 1 is 0.620 bits per heavy atom. The molecule has 150 heavy (non-hydrogen) atoms. The molecule has 2 aliphatic carbocycles. The molecule has 16 atom stereocenters. The van der Waals surface area contributed by atoms with Crippen LogP contribution in [0.2, 0.25) is 5.02 Å². The summed E-state index contributed by atoms with van der Waals surface area (Å²) in [6.45, 7) is 6.00. The second-order valence-electron chi connectivity index (χ2n) is 38.6. The number of ether oxygens (including phenoxy) is 4. The van der Waals surface area contributed by atoms with Gasteiger partial charge in [-0.1, -0.05) is 116 Å². The minimum atomic E-state index is -2.58. The van der Waals surface area contributed by atoms with E-state index in [4.69, 9.17) is 47.4 Å². The summed E-state index contributed by atoms with van der Waals surface area (Å²) >= 11 is 6.29. The van der Waals surface area contributed by atoms with Gasteiger partial charge in [-0.3, -0.25) is 87.1 Å². The van der Waals surface area contributed by atoms with Crippen LogP contribution in [0.25, 0.3) is 10.8 Å². The quantitative estimate of drug-likeness (QED) is 0.00855. The van der Waals surface area contributed by atoms with Gasteiger partial charge in [-0.25, -0.2) is 0 Å². The molecule has 12 amide bonds. The Kier molecular flexibility index (Phi) is 39.9. The summed E-state index contributed by atoms with van der Waals surface area (Å²) < 4.78 is 23.5. The third kappa shape index (κ3) is 30.0. The third-order valence-corrected chi connectivity index (χ3v) is 27.3. The van der Waals surface area contributed by atoms with Crippen LogP contribution in [0.1, 0.15) is 196 Å². The minimum absolute atomic E-state index is 0.00190. The highest BCUT2D eigenvalue weighted by Crippen LogP contribution is 2.53. The van der Waals surface area contributed by atoms with Crippen LogP contribution in [0.4, 0.5) is 0 Å². The van der Waals surface area contributed by atoms with Crippen LogP contribution in [-0.4, -0.2) is 283 Å². The summed E-state index contributed by atoms with van der Waals surface area (Å²) in [6.07, 6.45) is -0.521. The molecular formula is C106H130ClN17O26. The summed E-state index contributed by atoms with van der Waals surface area (Å²) in [5, 5.41) is 109. The molecular weight excluding hydrogens is 1960 g/mol. The summed E-state index contributed by atoms with van der Waals surface area (Å²) in [7, 11) is 1.28. The number of likely N-dealkylation sites (tertiary alicyclic amines) is 1. The van der Waals surface area contributed by atoms with E-state index in [-0.39, 0.29) is 143 Å². The molecule has 2 fully saturated rings. The third-order valence-electron chi connectivity index (χ3n) is 27.0. The Morgan fingerprint density at radius 2 is 1.21 bits per heavy atom. The van der Waals surface area contributed by atoms with Crippen molar-refractivity contribution in [3.05, 3.63) is 207 Å². The van der Waals surface area contributed by atoms with Crippen LogP contribution in [0.5, 0.6) is 23.0 Å². The molecule has 3 aliphatic heterocycles. The zero-order valence-corrected chi connectivity index (χ0v) is 84.8. The van der Waals surface area contributed by atoms with Crippen LogP contribution in [0.3, 0.4) is 0 Å². The normalized spacial score (nSPS) is 19.3. The number of esters is 1. The molecule has 4 heterocycles. The molecule has 0 saturated carbocycles. The number of benzene rings is 6. The van der Waals surface area contributed by atoms with Gasteiger partial charge in [0.05, 0.1) is 48.7 Å². The zero-order chi connectivity index (χ0) is 108. The lowest BCUT2D eigenvalue weighted by atomic mass is 9.72. The Hall–Kier alpha value is -15.1. The van der Waals surface area contributed by atoms with Crippen molar-refractivity contribution in [1.29, 1.82) is 5.41 Å². The molecule has 0 radical (unpaired) electrons. The number of fused-ring (bicyclic) bond motifs is 4. The van der Waals surface area contributed by atoms with Crippen LogP contribution < -0.4 is 74.7 Å². The van der Waals surface area contributed by atoms with Gasteiger partial charge in [0.1, 0.15) is 95.1 Å². The highest BCUT2D eigenvalue weighted by molar-refractivity contribution is 6.32. The second kappa shape index (κ2) is 52.7. The number of pyridine rings is 1. The first-order chi connectivity index (χ1) is 71.6. The van der Waals surface area contributed by atoms with Gasteiger partial charge in [0, 0.05) is 125 Å². The highest BCUT2D eigenvalue weighted by Gasteiger charge is 2.52. The number of ketones is 3. The molecule has 6 aromatic carbocycles. The summed E-state index contributed by atoms with van der Waals surface area (Å²) in [4.78, 5) is 237. The maximum absolute atomic E-state index is 15.4. The fraction of sp³-hybridized carbons (Fsp3) is 0.453. The number of carbonyl (C=O) groups is 16. The number of aromatic nitrogens is 1. The molecule has 12 rings (SSSR count). The van der Waals surface area contributed by atoms with Gasteiger partial charge < -0.3 is 129 Å². The van der Waals surface area contributed by atoms with Crippen molar-refractivity contribution in [1.82, 2.24) is 73.3 Å². The zero-order valence-electron chi connectivity index (χ0n) is 84.0. The number of nitrogens with one attached hydrogen (secondary N) is 12. The largest absolute Gasteiger partial charge is 0.508 e. The molecule has 0 unspecified atom stereocenters. The Balaban J connectivity index is 0.747. The number of methoxy groups -OCH3 is 1. The fourth-order valence-electron chi connectivity index (χ4n) is 19.1.